The van der Waals surface area contributed by atoms with Crippen molar-refractivity contribution in [3.05, 3.63) is 54.6 Å². The standard InChI is InChI=1S/C13H10BrClOS/c1-7-4-3-5-9(11(7)15)12(16)13-10(14)6-8(2)17-13/h3-6H,1-2H3. The van der Waals surface area contributed by atoms with E-state index in [1.165, 1.54) is 11.3 Å². The monoisotopic (exact) mass is 328 g/mol. The lowest BCUT2D eigenvalue weighted by atomic mass is 10.1. The predicted molar refractivity (Wildman–Crippen MR) is 76.4 cm³/mol. The van der Waals surface area contributed by atoms with E-state index in [1.807, 2.05) is 32.0 Å². The summed E-state index contributed by atoms with van der Waals surface area (Å²) in [7, 11) is 0. The highest BCUT2D eigenvalue weighted by Crippen LogP contribution is 2.31. The van der Waals surface area contributed by atoms with Crippen LogP contribution in [0.4, 0.5) is 0 Å². The third-order valence-electron chi connectivity index (χ3n) is 2.45. The van der Waals surface area contributed by atoms with Crippen LogP contribution < -0.4 is 0 Å². The topological polar surface area (TPSA) is 17.1 Å². The van der Waals surface area contributed by atoms with Gasteiger partial charge in [0, 0.05) is 14.9 Å². The highest BCUT2D eigenvalue weighted by Gasteiger charge is 2.18. The molecule has 0 bridgehead atoms. The number of thiophene rings is 1. The lowest BCUT2D eigenvalue weighted by Gasteiger charge is -2.04. The van der Waals surface area contributed by atoms with Crippen molar-refractivity contribution >= 4 is 44.7 Å². The van der Waals surface area contributed by atoms with Gasteiger partial charge in [0.25, 0.3) is 0 Å². The number of hydrogen-bond donors (Lipinski definition) is 0. The van der Waals surface area contributed by atoms with Gasteiger partial charge in [0.15, 0.2) is 0 Å². The van der Waals surface area contributed by atoms with E-state index in [1.54, 1.807) is 6.07 Å². The number of halogens is 2. The number of benzene rings is 1. The predicted octanol–water partition coefficient (Wildman–Crippen LogP) is 5.01. The van der Waals surface area contributed by atoms with Gasteiger partial charge in [-0.2, -0.15) is 0 Å². The second-order valence-electron chi connectivity index (χ2n) is 3.80. The zero-order chi connectivity index (χ0) is 12.6. The van der Waals surface area contributed by atoms with Crippen LogP contribution in [0.3, 0.4) is 0 Å². The molecule has 1 heterocycles. The molecule has 4 heteroatoms. The van der Waals surface area contributed by atoms with Crippen molar-refractivity contribution in [1.29, 1.82) is 0 Å². The zero-order valence-electron chi connectivity index (χ0n) is 9.38. The molecule has 88 valence electrons. The minimum absolute atomic E-state index is 0.0244. The second-order valence-corrected chi connectivity index (χ2v) is 6.29. The van der Waals surface area contributed by atoms with Gasteiger partial charge in [0.1, 0.15) is 0 Å². The third kappa shape index (κ3) is 2.46. The zero-order valence-corrected chi connectivity index (χ0v) is 12.5. The Morgan fingerprint density at radius 3 is 2.65 bits per heavy atom. The first-order valence-electron chi connectivity index (χ1n) is 5.06. The largest absolute Gasteiger partial charge is 0.288 e. The summed E-state index contributed by atoms with van der Waals surface area (Å²) in [5, 5.41) is 0.537. The van der Waals surface area contributed by atoms with Gasteiger partial charge >= 0.3 is 0 Å². The summed E-state index contributed by atoms with van der Waals surface area (Å²) < 4.78 is 0.836. The molecule has 1 aromatic heterocycles. The van der Waals surface area contributed by atoms with Crippen LogP contribution in [0.15, 0.2) is 28.7 Å². The summed E-state index contributed by atoms with van der Waals surface area (Å²) in [5.74, 6) is -0.0244. The Morgan fingerprint density at radius 2 is 2.06 bits per heavy atom. The number of aryl methyl sites for hydroxylation is 2. The van der Waals surface area contributed by atoms with Crippen LogP contribution >= 0.6 is 38.9 Å². The molecule has 0 saturated heterocycles. The van der Waals surface area contributed by atoms with E-state index in [0.717, 1.165) is 14.9 Å². The Kier molecular flexibility index (Phi) is 3.71. The summed E-state index contributed by atoms with van der Waals surface area (Å²) >= 11 is 11.0. The lowest BCUT2D eigenvalue weighted by Crippen LogP contribution is -2.01. The quantitative estimate of drug-likeness (QED) is 0.708. The second kappa shape index (κ2) is 4.92. The molecule has 17 heavy (non-hydrogen) atoms. The van der Waals surface area contributed by atoms with Crippen molar-refractivity contribution in [2.24, 2.45) is 0 Å². The van der Waals surface area contributed by atoms with Gasteiger partial charge < -0.3 is 0 Å². The van der Waals surface area contributed by atoms with E-state index in [0.29, 0.717) is 15.5 Å². The molecular formula is C13H10BrClOS. The highest BCUT2D eigenvalue weighted by molar-refractivity contribution is 9.10. The summed E-state index contributed by atoms with van der Waals surface area (Å²) in [6.07, 6.45) is 0. The maximum Gasteiger partial charge on any atom is 0.205 e. The van der Waals surface area contributed by atoms with E-state index in [4.69, 9.17) is 11.6 Å². The fraction of sp³-hybridized carbons (Fsp3) is 0.154. The Balaban J connectivity index is 2.51. The molecule has 0 N–H and O–H groups in total. The maximum atomic E-state index is 12.3. The average molecular weight is 330 g/mol. The molecule has 0 aliphatic carbocycles. The number of ketones is 1. The van der Waals surface area contributed by atoms with Crippen molar-refractivity contribution in [3.63, 3.8) is 0 Å². The number of carbonyl (C=O) groups excluding carboxylic acids is 1. The third-order valence-corrected chi connectivity index (χ3v) is 4.89. The van der Waals surface area contributed by atoms with Gasteiger partial charge in [-0.05, 0) is 47.5 Å². The van der Waals surface area contributed by atoms with Crippen LogP contribution in [0.5, 0.6) is 0 Å². The van der Waals surface area contributed by atoms with E-state index in [2.05, 4.69) is 15.9 Å². The molecule has 0 atom stereocenters. The fourth-order valence-corrected chi connectivity index (χ4v) is 3.57. The molecule has 0 unspecified atom stereocenters. The SMILES string of the molecule is Cc1cc(Br)c(C(=O)c2cccc(C)c2Cl)s1. The molecule has 0 aliphatic heterocycles. The molecule has 0 radical (unpaired) electrons. The van der Waals surface area contributed by atoms with Gasteiger partial charge in [-0.1, -0.05) is 23.7 Å². The molecule has 1 nitrogen and oxygen atoms in total. The molecular weight excluding hydrogens is 320 g/mol. The molecule has 0 amide bonds. The van der Waals surface area contributed by atoms with Crippen LogP contribution in [-0.2, 0) is 0 Å². The minimum Gasteiger partial charge on any atom is -0.288 e. The Bertz CT molecular complexity index is 589. The average Bonchev–Trinajstić information content (AvgIpc) is 2.61. The van der Waals surface area contributed by atoms with Crippen molar-refractivity contribution in [3.8, 4) is 0 Å². The summed E-state index contributed by atoms with van der Waals surface area (Å²) in [4.78, 5) is 14.2. The van der Waals surface area contributed by atoms with Crippen molar-refractivity contribution in [2.45, 2.75) is 13.8 Å². The van der Waals surface area contributed by atoms with Crippen LogP contribution in [0.1, 0.15) is 25.7 Å². The summed E-state index contributed by atoms with van der Waals surface area (Å²) in [5.41, 5.74) is 1.48. The van der Waals surface area contributed by atoms with E-state index < -0.39 is 0 Å². The lowest BCUT2D eigenvalue weighted by molar-refractivity contribution is 0.104. The molecule has 2 aromatic rings. The van der Waals surface area contributed by atoms with E-state index in [-0.39, 0.29) is 5.78 Å². The number of hydrogen-bond acceptors (Lipinski definition) is 2. The fourth-order valence-electron chi connectivity index (χ4n) is 1.58. The number of carbonyl (C=O) groups is 1. The maximum absolute atomic E-state index is 12.3. The van der Waals surface area contributed by atoms with Crippen LogP contribution in [0.2, 0.25) is 5.02 Å². The van der Waals surface area contributed by atoms with Crippen molar-refractivity contribution in [2.75, 3.05) is 0 Å². The molecule has 0 fully saturated rings. The van der Waals surface area contributed by atoms with Gasteiger partial charge in [-0.3, -0.25) is 4.79 Å². The molecule has 0 aliphatic rings. The first-order chi connectivity index (χ1) is 8.00. The van der Waals surface area contributed by atoms with Crippen LogP contribution in [0, 0.1) is 13.8 Å². The minimum atomic E-state index is -0.0244. The van der Waals surface area contributed by atoms with Crippen molar-refractivity contribution < 1.29 is 4.79 Å². The summed E-state index contributed by atoms with van der Waals surface area (Å²) in [6.45, 7) is 3.87. The Labute approximate surface area is 118 Å². The Morgan fingerprint density at radius 1 is 1.35 bits per heavy atom. The normalized spacial score (nSPS) is 10.6. The first kappa shape index (κ1) is 12.8. The molecule has 2 rings (SSSR count). The van der Waals surface area contributed by atoms with Gasteiger partial charge in [-0.15, -0.1) is 11.3 Å². The first-order valence-corrected chi connectivity index (χ1v) is 7.05. The molecule has 0 spiro atoms. The highest BCUT2D eigenvalue weighted by atomic mass is 79.9. The van der Waals surface area contributed by atoms with E-state index >= 15 is 0 Å². The molecule has 0 saturated carbocycles. The van der Waals surface area contributed by atoms with Crippen molar-refractivity contribution in [1.82, 2.24) is 0 Å². The van der Waals surface area contributed by atoms with Gasteiger partial charge in [-0.25, -0.2) is 0 Å². The number of rotatable bonds is 2. The van der Waals surface area contributed by atoms with Crippen LogP contribution in [-0.4, -0.2) is 5.78 Å². The molecule has 1 aromatic carbocycles. The van der Waals surface area contributed by atoms with Gasteiger partial charge in [0.2, 0.25) is 5.78 Å². The van der Waals surface area contributed by atoms with E-state index in [9.17, 15) is 4.79 Å². The van der Waals surface area contributed by atoms with Gasteiger partial charge in [0.05, 0.1) is 9.90 Å². The Hall–Kier alpha value is -0.640. The van der Waals surface area contributed by atoms with Crippen LogP contribution in [0.25, 0.3) is 0 Å². The smallest absolute Gasteiger partial charge is 0.205 e. The summed E-state index contributed by atoms with van der Waals surface area (Å²) in [6, 6.07) is 7.46.